The van der Waals surface area contributed by atoms with E-state index in [1.807, 2.05) is 25.1 Å². The largest absolute Gasteiger partial charge is 0.461 e. The lowest BCUT2D eigenvalue weighted by Gasteiger charge is -2.22. The first kappa shape index (κ1) is 19.1. The second-order valence-corrected chi connectivity index (χ2v) is 7.24. The maximum absolute atomic E-state index is 13.3. The quantitative estimate of drug-likeness (QED) is 0.571. The van der Waals surface area contributed by atoms with Gasteiger partial charge in [0.25, 0.3) is 5.91 Å². The van der Waals surface area contributed by atoms with Gasteiger partial charge >= 0.3 is 5.97 Å². The van der Waals surface area contributed by atoms with Crippen LogP contribution in [-0.4, -0.2) is 36.1 Å². The van der Waals surface area contributed by atoms with Crippen LogP contribution in [0.2, 0.25) is 5.02 Å². The van der Waals surface area contributed by atoms with Gasteiger partial charge in [-0.3, -0.25) is 14.6 Å². The number of hydrazone groups is 1. The molecule has 4 rings (SSSR count). The minimum atomic E-state index is -1.03. The van der Waals surface area contributed by atoms with Gasteiger partial charge in [0, 0.05) is 5.02 Å². The van der Waals surface area contributed by atoms with Gasteiger partial charge in [0.05, 0.1) is 18.0 Å². The van der Waals surface area contributed by atoms with E-state index < -0.39 is 29.7 Å². The molecule has 1 saturated heterocycles. The van der Waals surface area contributed by atoms with Crippen molar-refractivity contribution in [2.45, 2.75) is 19.9 Å². The van der Waals surface area contributed by atoms with Gasteiger partial charge in [-0.1, -0.05) is 23.7 Å². The first-order chi connectivity index (χ1) is 13.9. The van der Waals surface area contributed by atoms with Gasteiger partial charge in [0.15, 0.2) is 5.71 Å². The average Bonchev–Trinajstić information content (AvgIpc) is 3.21. The van der Waals surface area contributed by atoms with E-state index in [1.54, 1.807) is 37.3 Å². The van der Waals surface area contributed by atoms with Crippen molar-refractivity contribution in [2.75, 3.05) is 16.5 Å². The lowest BCUT2D eigenvalue weighted by Crippen LogP contribution is -2.39. The Labute approximate surface area is 172 Å². The van der Waals surface area contributed by atoms with Crippen molar-refractivity contribution in [2.24, 2.45) is 11.0 Å². The van der Waals surface area contributed by atoms with Gasteiger partial charge < -0.3 is 4.74 Å². The molecular formula is C21H18ClN3O4. The normalized spacial score (nSPS) is 20.7. The zero-order chi connectivity index (χ0) is 20.7. The Hall–Kier alpha value is -3.19. The highest BCUT2D eigenvalue weighted by molar-refractivity contribution is 6.47. The van der Waals surface area contributed by atoms with Crippen molar-refractivity contribution in [3.8, 4) is 0 Å². The van der Waals surface area contributed by atoms with Crippen molar-refractivity contribution in [3.63, 3.8) is 0 Å². The highest BCUT2D eigenvalue weighted by atomic mass is 35.5. The molecule has 2 heterocycles. The first-order valence-corrected chi connectivity index (χ1v) is 9.55. The van der Waals surface area contributed by atoms with Crippen LogP contribution in [0.4, 0.5) is 11.4 Å². The number of benzene rings is 2. The van der Waals surface area contributed by atoms with Gasteiger partial charge in [-0.2, -0.15) is 5.10 Å². The van der Waals surface area contributed by atoms with Gasteiger partial charge in [-0.25, -0.2) is 9.69 Å². The molecule has 2 amide bonds. The summed E-state index contributed by atoms with van der Waals surface area (Å²) in [6, 6.07) is 12.8. The van der Waals surface area contributed by atoms with Crippen LogP contribution in [0.3, 0.4) is 0 Å². The number of carbonyl (C=O) groups is 3. The second kappa shape index (κ2) is 7.33. The van der Waals surface area contributed by atoms with Crippen LogP contribution in [0.25, 0.3) is 0 Å². The van der Waals surface area contributed by atoms with E-state index >= 15 is 0 Å². The molecule has 0 N–H and O–H groups in total. The topological polar surface area (TPSA) is 79.3 Å². The molecule has 0 bridgehead atoms. The standard InChI is InChI=1S/C21H18ClN3O4/c1-3-29-21(28)17-16-18(25(23-17)15-6-4-5-12(2)11-15)20(27)24(19(16)26)14-9-7-13(22)8-10-14/h4-11,16,18H,3H2,1-2H3. The third-order valence-electron chi connectivity index (χ3n) is 4.88. The maximum Gasteiger partial charge on any atom is 0.355 e. The molecule has 2 aromatic carbocycles. The number of aryl methyl sites for hydroxylation is 1. The number of halogens is 1. The summed E-state index contributed by atoms with van der Waals surface area (Å²) < 4.78 is 5.09. The molecule has 0 saturated carbocycles. The van der Waals surface area contributed by atoms with E-state index in [0.717, 1.165) is 10.5 Å². The number of fused-ring (bicyclic) bond motifs is 1. The molecule has 2 aromatic rings. The summed E-state index contributed by atoms with van der Waals surface area (Å²) in [5.74, 6) is -2.69. The Bertz CT molecular complexity index is 1030. The number of hydrogen-bond donors (Lipinski definition) is 0. The van der Waals surface area contributed by atoms with Crippen LogP contribution in [0.15, 0.2) is 53.6 Å². The van der Waals surface area contributed by atoms with Crippen molar-refractivity contribution in [3.05, 3.63) is 59.1 Å². The fourth-order valence-electron chi connectivity index (χ4n) is 3.62. The van der Waals surface area contributed by atoms with Gasteiger partial charge in [-0.05, 0) is 55.8 Å². The van der Waals surface area contributed by atoms with Crippen LogP contribution in [0.1, 0.15) is 12.5 Å². The highest BCUT2D eigenvalue weighted by Crippen LogP contribution is 2.38. The lowest BCUT2D eigenvalue weighted by molar-refractivity contribution is -0.136. The van der Waals surface area contributed by atoms with Gasteiger partial charge in [0.2, 0.25) is 5.91 Å². The Morgan fingerprint density at radius 3 is 2.48 bits per heavy atom. The van der Waals surface area contributed by atoms with E-state index in [1.165, 1.54) is 5.01 Å². The molecule has 7 nitrogen and oxygen atoms in total. The predicted molar refractivity (Wildman–Crippen MR) is 109 cm³/mol. The smallest absolute Gasteiger partial charge is 0.355 e. The molecule has 148 valence electrons. The minimum absolute atomic E-state index is 0.0619. The number of amides is 2. The molecule has 2 aliphatic heterocycles. The third kappa shape index (κ3) is 3.17. The Balaban J connectivity index is 1.79. The third-order valence-corrected chi connectivity index (χ3v) is 5.14. The zero-order valence-corrected chi connectivity index (χ0v) is 16.6. The lowest BCUT2D eigenvalue weighted by atomic mass is 9.97. The summed E-state index contributed by atoms with van der Waals surface area (Å²) in [4.78, 5) is 40.1. The van der Waals surface area contributed by atoms with Gasteiger partial charge in [-0.15, -0.1) is 0 Å². The zero-order valence-electron chi connectivity index (χ0n) is 15.8. The molecule has 2 atom stereocenters. The number of imide groups is 1. The maximum atomic E-state index is 13.3. The summed E-state index contributed by atoms with van der Waals surface area (Å²) in [5.41, 5.74) is 1.92. The number of anilines is 2. The van der Waals surface area contributed by atoms with Crippen molar-refractivity contribution in [1.29, 1.82) is 0 Å². The van der Waals surface area contributed by atoms with Crippen LogP contribution >= 0.6 is 11.6 Å². The molecule has 2 unspecified atom stereocenters. The monoisotopic (exact) mass is 411 g/mol. The van der Waals surface area contributed by atoms with Crippen molar-refractivity contribution >= 4 is 46.5 Å². The van der Waals surface area contributed by atoms with E-state index in [2.05, 4.69) is 5.10 Å². The summed E-state index contributed by atoms with van der Waals surface area (Å²) in [7, 11) is 0. The average molecular weight is 412 g/mol. The summed E-state index contributed by atoms with van der Waals surface area (Å²) in [5, 5.41) is 6.27. The van der Waals surface area contributed by atoms with Crippen LogP contribution < -0.4 is 9.91 Å². The van der Waals surface area contributed by atoms with Crippen LogP contribution in [0, 0.1) is 12.8 Å². The number of ether oxygens (including phenoxy) is 1. The molecule has 2 aliphatic rings. The molecular weight excluding hydrogens is 394 g/mol. The Kier molecular flexibility index (Phi) is 4.84. The summed E-state index contributed by atoms with van der Waals surface area (Å²) in [6.07, 6.45) is 0. The number of rotatable bonds is 4. The Morgan fingerprint density at radius 1 is 1.10 bits per heavy atom. The number of esters is 1. The second-order valence-electron chi connectivity index (χ2n) is 6.80. The van der Waals surface area contributed by atoms with E-state index in [0.29, 0.717) is 16.4 Å². The predicted octanol–water partition coefficient (Wildman–Crippen LogP) is 2.95. The van der Waals surface area contributed by atoms with Gasteiger partial charge in [0.1, 0.15) is 12.0 Å². The number of nitrogens with zero attached hydrogens (tertiary/aromatic N) is 3. The van der Waals surface area contributed by atoms with Crippen molar-refractivity contribution < 1.29 is 19.1 Å². The number of hydrogen-bond acceptors (Lipinski definition) is 6. The molecule has 8 heteroatoms. The SMILES string of the molecule is CCOC(=O)C1=NN(c2cccc(C)c2)C2C(=O)N(c3ccc(Cl)cc3)C(=O)C12. The molecule has 0 aromatic heterocycles. The van der Waals surface area contributed by atoms with Crippen LogP contribution in [0.5, 0.6) is 0 Å². The van der Waals surface area contributed by atoms with E-state index in [9.17, 15) is 14.4 Å². The summed E-state index contributed by atoms with van der Waals surface area (Å²) in [6.45, 7) is 3.72. The minimum Gasteiger partial charge on any atom is -0.461 e. The fraction of sp³-hybridized carbons (Fsp3) is 0.238. The van der Waals surface area contributed by atoms with Crippen molar-refractivity contribution in [1.82, 2.24) is 0 Å². The van der Waals surface area contributed by atoms with E-state index in [-0.39, 0.29) is 12.3 Å². The molecule has 0 aliphatic carbocycles. The highest BCUT2D eigenvalue weighted by Gasteiger charge is 2.59. The summed E-state index contributed by atoms with van der Waals surface area (Å²) >= 11 is 5.93. The molecule has 0 spiro atoms. The molecule has 1 fully saturated rings. The molecule has 29 heavy (non-hydrogen) atoms. The Morgan fingerprint density at radius 2 is 1.83 bits per heavy atom. The number of carbonyl (C=O) groups excluding carboxylic acids is 3. The fourth-order valence-corrected chi connectivity index (χ4v) is 3.74. The first-order valence-electron chi connectivity index (χ1n) is 9.17. The van der Waals surface area contributed by atoms with Crippen LogP contribution in [-0.2, 0) is 19.1 Å². The molecule has 0 radical (unpaired) electrons. The van der Waals surface area contributed by atoms with E-state index in [4.69, 9.17) is 16.3 Å².